The molecule has 1 aliphatic rings. The molecule has 19 heavy (non-hydrogen) atoms. The normalized spacial score (nSPS) is 21.5. The number of aliphatic hydroxyl groups is 1. The predicted octanol–water partition coefficient (Wildman–Crippen LogP) is 2.07. The first-order chi connectivity index (χ1) is 9.10. The molecule has 0 aliphatic carbocycles. The maximum absolute atomic E-state index is 10.7. The van der Waals surface area contributed by atoms with Gasteiger partial charge < -0.3 is 5.11 Å². The van der Waals surface area contributed by atoms with Gasteiger partial charge in [-0.3, -0.25) is 9.58 Å². The molecule has 108 valence electrons. The molecule has 4 heteroatoms. The van der Waals surface area contributed by atoms with Gasteiger partial charge in [0, 0.05) is 24.7 Å². The van der Waals surface area contributed by atoms with E-state index in [9.17, 15) is 5.11 Å². The second kappa shape index (κ2) is 6.06. The number of hydrogen-bond donors (Lipinski definition) is 1. The van der Waals surface area contributed by atoms with E-state index in [1.807, 2.05) is 17.1 Å². The van der Waals surface area contributed by atoms with E-state index in [2.05, 4.69) is 30.8 Å². The van der Waals surface area contributed by atoms with Crippen molar-refractivity contribution in [2.75, 3.05) is 13.1 Å². The van der Waals surface area contributed by atoms with E-state index in [-0.39, 0.29) is 11.6 Å². The Morgan fingerprint density at radius 3 is 2.58 bits per heavy atom. The van der Waals surface area contributed by atoms with E-state index < -0.39 is 0 Å². The standard InChI is InChI=1S/C15H27N3O/c1-4-15(3,17-8-6-7-9-17)14(19)10-13-11-16-18(5-2)12-13/h11-12,14,19H,4-10H2,1-3H3. The zero-order valence-corrected chi connectivity index (χ0v) is 12.5. The summed E-state index contributed by atoms with van der Waals surface area (Å²) in [4.78, 5) is 2.46. The zero-order chi connectivity index (χ0) is 13.9. The van der Waals surface area contributed by atoms with Crippen molar-refractivity contribution in [3.63, 3.8) is 0 Å². The van der Waals surface area contributed by atoms with Crippen LogP contribution in [0.1, 0.15) is 45.6 Å². The number of nitrogens with zero attached hydrogens (tertiary/aromatic N) is 3. The molecule has 1 saturated heterocycles. The van der Waals surface area contributed by atoms with Crippen LogP contribution >= 0.6 is 0 Å². The number of likely N-dealkylation sites (tertiary alicyclic amines) is 1. The summed E-state index contributed by atoms with van der Waals surface area (Å²) >= 11 is 0. The topological polar surface area (TPSA) is 41.3 Å². The van der Waals surface area contributed by atoms with Crippen molar-refractivity contribution in [2.45, 2.75) is 64.6 Å². The molecule has 0 spiro atoms. The lowest BCUT2D eigenvalue weighted by Crippen LogP contribution is -2.53. The summed E-state index contributed by atoms with van der Waals surface area (Å²) in [5, 5.41) is 15.0. The van der Waals surface area contributed by atoms with Gasteiger partial charge in [0.15, 0.2) is 0 Å². The van der Waals surface area contributed by atoms with Crippen molar-refractivity contribution in [2.24, 2.45) is 0 Å². The largest absolute Gasteiger partial charge is 0.391 e. The first-order valence-corrected chi connectivity index (χ1v) is 7.54. The number of aliphatic hydroxyl groups excluding tert-OH is 1. The van der Waals surface area contributed by atoms with Crippen molar-refractivity contribution in [1.82, 2.24) is 14.7 Å². The Labute approximate surface area is 116 Å². The molecular weight excluding hydrogens is 238 g/mol. The van der Waals surface area contributed by atoms with Crippen molar-refractivity contribution >= 4 is 0 Å². The molecule has 0 saturated carbocycles. The Kier molecular flexibility index (Phi) is 4.63. The molecule has 1 aliphatic heterocycles. The first kappa shape index (κ1) is 14.5. The molecule has 2 rings (SSSR count). The lowest BCUT2D eigenvalue weighted by atomic mass is 9.86. The second-order valence-corrected chi connectivity index (χ2v) is 5.83. The number of aromatic nitrogens is 2. The molecule has 2 atom stereocenters. The summed E-state index contributed by atoms with van der Waals surface area (Å²) in [6.45, 7) is 9.58. The molecule has 0 aromatic carbocycles. The van der Waals surface area contributed by atoms with Gasteiger partial charge >= 0.3 is 0 Å². The number of rotatable bonds is 6. The fraction of sp³-hybridized carbons (Fsp3) is 0.800. The summed E-state index contributed by atoms with van der Waals surface area (Å²) in [5.41, 5.74) is 1.03. The van der Waals surface area contributed by atoms with Crippen LogP contribution in [0, 0.1) is 0 Å². The Balaban J connectivity index is 2.05. The minimum absolute atomic E-state index is 0.106. The van der Waals surface area contributed by atoms with Gasteiger partial charge in [-0.2, -0.15) is 5.10 Å². The minimum Gasteiger partial charge on any atom is -0.391 e. The minimum atomic E-state index is -0.329. The Morgan fingerprint density at radius 2 is 2.05 bits per heavy atom. The maximum atomic E-state index is 10.7. The lowest BCUT2D eigenvalue weighted by Gasteiger charge is -2.42. The third kappa shape index (κ3) is 3.00. The Bertz CT molecular complexity index is 398. The highest BCUT2D eigenvalue weighted by molar-refractivity contribution is 5.09. The summed E-state index contributed by atoms with van der Waals surface area (Å²) in [6.07, 6.45) is 7.80. The third-order valence-electron chi connectivity index (χ3n) is 4.70. The third-order valence-corrected chi connectivity index (χ3v) is 4.70. The van der Waals surface area contributed by atoms with Gasteiger partial charge in [0.2, 0.25) is 0 Å². The molecule has 1 N–H and O–H groups in total. The van der Waals surface area contributed by atoms with Crippen molar-refractivity contribution in [1.29, 1.82) is 0 Å². The van der Waals surface area contributed by atoms with Crippen LogP contribution < -0.4 is 0 Å². The summed E-state index contributed by atoms with van der Waals surface area (Å²) < 4.78 is 1.92. The van der Waals surface area contributed by atoms with E-state index >= 15 is 0 Å². The molecular formula is C15H27N3O. The average molecular weight is 265 g/mol. The van der Waals surface area contributed by atoms with Gasteiger partial charge in [-0.15, -0.1) is 0 Å². The van der Waals surface area contributed by atoms with Crippen LogP contribution in [0.15, 0.2) is 12.4 Å². The highest BCUT2D eigenvalue weighted by Crippen LogP contribution is 2.29. The highest BCUT2D eigenvalue weighted by atomic mass is 16.3. The molecule has 0 radical (unpaired) electrons. The van der Waals surface area contributed by atoms with Gasteiger partial charge in [0.05, 0.1) is 12.3 Å². The SMILES string of the molecule is CCn1cc(CC(O)C(C)(CC)N2CCCC2)cn1. The Hall–Kier alpha value is -0.870. The first-order valence-electron chi connectivity index (χ1n) is 7.54. The molecule has 1 fully saturated rings. The molecule has 0 bridgehead atoms. The summed E-state index contributed by atoms with van der Waals surface area (Å²) in [6, 6.07) is 0. The van der Waals surface area contributed by atoms with E-state index in [4.69, 9.17) is 0 Å². The summed E-state index contributed by atoms with van der Waals surface area (Å²) in [5.74, 6) is 0. The fourth-order valence-corrected chi connectivity index (χ4v) is 3.03. The van der Waals surface area contributed by atoms with Crippen molar-refractivity contribution in [3.8, 4) is 0 Å². The van der Waals surface area contributed by atoms with Crippen LogP contribution in [0.5, 0.6) is 0 Å². The molecule has 1 aromatic heterocycles. The maximum Gasteiger partial charge on any atom is 0.0762 e. The van der Waals surface area contributed by atoms with Crippen LogP contribution in [0.3, 0.4) is 0 Å². The zero-order valence-electron chi connectivity index (χ0n) is 12.5. The molecule has 4 nitrogen and oxygen atoms in total. The predicted molar refractivity (Wildman–Crippen MR) is 77.1 cm³/mol. The van der Waals surface area contributed by atoms with Crippen molar-refractivity contribution in [3.05, 3.63) is 18.0 Å². The van der Waals surface area contributed by atoms with Gasteiger partial charge in [-0.25, -0.2) is 0 Å². The van der Waals surface area contributed by atoms with E-state index in [1.54, 1.807) is 0 Å². The van der Waals surface area contributed by atoms with Gasteiger partial charge in [-0.05, 0) is 51.8 Å². The number of aryl methyl sites for hydroxylation is 1. The molecule has 2 heterocycles. The van der Waals surface area contributed by atoms with Crippen LogP contribution in [0.4, 0.5) is 0 Å². The van der Waals surface area contributed by atoms with E-state index in [0.717, 1.165) is 31.6 Å². The van der Waals surface area contributed by atoms with Gasteiger partial charge in [0.1, 0.15) is 0 Å². The lowest BCUT2D eigenvalue weighted by molar-refractivity contribution is -0.0117. The summed E-state index contributed by atoms with van der Waals surface area (Å²) in [7, 11) is 0. The molecule has 2 unspecified atom stereocenters. The van der Waals surface area contributed by atoms with Crippen LogP contribution in [-0.4, -0.2) is 44.5 Å². The van der Waals surface area contributed by atoms with E-state index in [0.29, 0.717) is 6.42 Å². The second-order valence-electron chi connectivity index (χ2n) is 5.83. The fourth-order valence-electron chi connectivity index (χ4n) is 3.03. The molecule has 1 aromatic rings. The monoisotopic (exact) mass is 265 g/mol. The average Bonchev–Trinajstić information content (AvgIpc) is 3.08. The molecule has 0 amide bonds. The number of hydrogen-bond acceptors (Lipinski definition) is 3. The van der Waals surface area contributed by atoms with Gasteiger partial charge in [0.25, 0.3) is 0 Å². The quantitative estimate of drug-likeness (QED) is 0.856. The van der Waals surface area contributed by atoms with Crippen LogP contribution in [0.25, 0.3) is 0 Å². The van der Waals surface area contributed by atoms with Gasteiger partial charge in [-0.1, -0.05) is 6.92 Å². The van der Waals surface area contributed by atoms with Crippen LogP contribution in [0.2, 0.25) is 0 Å². The highest BCUT2D eigenvalue weighted by Gasteiger charge is 2.38. The smallest absolute Gasteiger partial charge is 0.0762 e. The van der Waals surface area contributed by atoms with E-state index in [1.165, 1.54) is 12.8 Å². The van der Waals surface area contributed by atoms with Crippen molar-refractivity contribution < 1.29 is 5.11 Å². The van der Waals surface area contributed by atoms with Crippen LogP contribution in [-0.2, 0) is 13.0 Å². The Morgan fingerprint density at radius 1 is 1.37 bits per heavy atom.